The fourth-order valence-electron chi connectivity index (χ4n) is 2.22. The number of allylic oxidation sites excluding steroid dienone is 1. The molecule has 0 bridgehead atoms. The number of benzene rings is 1. The maximum absolute atomic E-state index is 6.40. The van der Waals surface area contributed by atoms with Gasteiger partial charge in [-0.1, -0.05) is 47.2 Å². The molecule has 2 aromatic rings. The summed E-state index contributed by atoms with van der Waals surface area (Å²) in [6, 6.07) is 5.29. The zero-order valence-corrected chi connectivity index (χ0v) is 14.3. The van der Waals surface area contributed by atoms with E-state index in [-0.39, 0.29) is 0 Å². The Morgan fingerprint density at radius 3 is 2.87 bits per heavy atom. The second-order valence-electron chi connectivity index (χ2n) is 4.77. The highest BCUT2D eigenvalue weighted by Crippen LogP contribution is 2.34. The molecule has 1 aromatic carbocycles. The maximum atomic E-state index is 6.40. The van der Waals surface area contributed by atoms with Crippen molar-refractivity contribution in [2.45, 2.75) is 25.5 Å². The van der Waals surface area contributed by atoms with Crippen LogP contribution in [-0.2, 0) is 16.9 Å². The number of ether oxygens (including phenoxy) is 1. The van der Waals surface area contributed by atoms with Crippen LogP contribution < -0.4 is 0 Å². The largest absolute Gasteiger partial charge is 0.356 e. The molecular weight excluding hydrogens is 333 g/mol. The van der Waals surface area contributed by atoms with Crippen LogP contribution in [0.5, 0.6) is 0 Å². The molecule has 0 saturated heterocycles. The summed E-state index contributed by atoms with van der Waals surface area (Å²) in [5.41, 5.74) is -0.190. The van der Waals surface area contributed by atoms with Crippen LogP contribution in [0.1, 0.15) is 18.9 Å². The van der Waals surface area contributed by atoms with Crippen LogP contribution in [-0.4, -0.2) is 21.4 Å². The van der Waals surface area contributed by atoms with Gasteiger partial charge in [-0.3, -0.25) is 0 Å². The molecule has 2 rings (SSSR count). The topological polar surface area (TPSA) is 39.9 Å². The van der Waals surface area contributed by atoms with E-state index in [0.29, 0.717) is 29.6 Å². The number of aromatic nitrogens is 3. The molecule has 1 atom stereocenters. The summed E-state index contributed by atoms with van der Waals surface area (Å²) in [4.78, 5) is 3.97. The second-order valence-corrected chi connectivity index (χ2v) is 5.62. The predicted molar refractivity (Wildman–Crippen MR) is 92.4 cm³/mol. The van der Waals surface area contributed by atoms with Crippen molar-refractivity contribution in [3.63, 3.8) is 0 Å². The first-order valence-corrected chi connectivity index (χ1v) is 7.89. The van der Waals surface area contributed by atoms with Crippen LogP contribution in [0.15, 0.2) is 43.5 Å². The number of halogens is 2. The van der Waals surface area contributed by atoms with Crippen molar-refractivity contribution in [3.8, 4) is 11.8 Å². The molecule has 0 N–H and O–H groups in total. The van der Waals surface area contributed by atoms with E-state index in [0.717, 1.165) is 5.56 Å². The van der Waals surface area contributed by atoms with E-state index in [1.807, 2.05) is 13.0 Å². The van der Waals surface area contributed by atoms with Gasteiger partial charge in [0.25, 0.3) is 0 Å². The van der Waals surface area contributed by atoms with Gasteiger partial charge in [0.1, 0.15) is 12.7 Å². The summed E-state index contributed by atoms with van der Waals surface area (Å²) in [7, 11) is 0. The van der Waals surface area contributed by atoms with E-state index >= 15 is 0 Å². The van der Waals surface area contributed by atoms with Crippen LogP contribution in [0.25, 0.3) is 0 Å². The van der Waals surface area contributed by atoms with Gasteiger partial charge in [-0.25, -0.2) is 9.67 Å². The average molecular weight is 350 g/mol. The quantitative estimate of drug-likeness (QED) is 0.582. The summed E-state index contributed by atoms with van der Waals surface area (Å²) in [5.74, 6) is 6.26. The normalized spacial score (nSPS) is 13.0. The molecule has 0 aliphatic heterocycles. The molecule has 23 heavy (non-hydrogen) atoms. The van der Waals surface area contributed by atoms with Gasteiger partial charge in [-0.05, 0) is 19.1 Å². The molecule has 0 spiro atoms. The molecule has 0 radical (unpaired) electrons. The minimum absolute atomic E-state index is 0.367. The number of hydrogen-bond acceptors (Lipinski definition) is 3. The predicted octanol–water partition coefficient (Wildman–Crippen LogP) is 4.10. The molecule has 0 aliphatic carbocycles. The zero-order chi connectivity index (χ0) is 16.7. The van der Waals surface area contributed by atoms with Crippen LogP contribution >= 0.6 is 23.2 Å². The third-order valence-electron chi connectivity index (χ3n) is 3.14. The molecule has 120 valence electrons. The van der Waals surface area contributed by atoms with Crippen LogP contribution in [0, 0.1) is 11.8 Å². The standard InChI is InChI=1S/C17H17Cl2N3O/c1-3-5-6-9-17(23-4-2,11-22-13-20-12-21-22)15-8-7-14(18)10-16(15)19/h3,7-8,10,12-13H,1,4-5,11H2,2H3. The smallest absolute Gasteiger partial charge is 0.174 e. The van der Waals surface area contributed by atoms with Crippen molar-refractivity contribution in [3.05, 3.63) is 59.1 Å². The third kappa shape index (κ3) is 4.35. The Kier molecular flexibility index (Phi) is 6.23. The fraction of sp³-hybridized carbons (Fsp3) is 0.294. The van der Waals surface area contributed by atoms with Gasteiger partial charge in [-0.15, -0.1) is 6.58 Å². The van der Waals surface area contributed by atoms with E-state index in [2.05, 4.69) is 28.5 Å². The number of rotatable bonds is 6. The molecule has 1 aromatic heterocycles. The van der Waals surface area contributed by atoms with Gasteiger partial charge in [-0.2, -0.15) is 5.10 Å². The minimum atomic E-state index is -0.937. The Hall–Kier alpha value is -1.80. The van der Waals surface area contributed by atoms with Crippen LogP contribution in [0.3, 0.4) is 0 Å². The lowest BCUT2D eigenvalue weighted by Gasteiger charge is -2.29. The first-order chi connectivity index (χ1) is 11.1. The Labute approximate surface area is 146 Å². The Morgan fingerprint density at radius 1 is 1.43 bits per heavy atom. The zero-order valence-electron chi connectivity index (χ0n) is 12.8. The van der Waals surface area contributed by atoms with E-state index in [1.165, 1.54) is 6.33 Å². The lowest BCUT2D eigenvalue weighted by atomic mass is 9.93. The minimum Gasteiger partial charge on any atom is -0.356 e. The lowest BCUT2D eigenvalue weighted by Crippen LogP contribution is -2.34. The van der Waals surface area contributed by atoms with Crippen molar-refractivity contribution < 1.29 is 4.74 Å². The first-order valence-electron chi connectivity index (χ1n) is 7.14. The molecule has 1 heterocycles. The van der Waals surface area contributed by atoms with Crippen molar-refractivity contribution in [1.82, 2.24) is 14.8 Å². The molecule has 1 unspecified atom stereocenters. The lowest BCUT2D eigenvalue weighted by molar-refractivity contribution is -0.0122. The maximum Gasteiger partial charge on any atom is 0.174 e. The molecule has 4 nitrogen and oxygen atoms in total. The van der Waals surface area contributed by atoms with Gasteiger partial charge in [0, 0.05) is 28.6 Å². The summed E-state index contributed by atoms with van der Waals surface area (Å²) < 4.78 is 7.70. The molecule has 0 amide bonds. The summed E-state index contributed by atoms with van der Waals surface area (Å²) in [6.07, 6.45) is 5.38. The molecule has 6 heteroatoms. The SMILES string of the molecule is C=CCC#CC(Cn1cncn1)(OCC)c1ccc(Cl)cc1Cl. The molecule has 0 fully saturated rings. The Morgan fingerprint density at radius 2 is 2.26 bits per heavy atom. The van der Waals surface area contributed by atoms with Gasteiger partial charge < -0.3 is 4.74 Å². The molecular formula is C17H17Cl2N3O. The second kappa shape index (κ2) is 8.16. The van der Waals surface area contributed by atoms with E-state index in [9.17, 15) is 0 Å². The fourth-order valence-corrected chi connectivity index (χ4v) is 2.78. The summed E-state index contributed by atoms with van der Waals surface area (Å²) in [6.45, 7) is 6.44. The number of hydrogen-bond donors (Lipinski definition) is 0. The first kappa shape index (κ1) is 17.6. The van der Waals surface area contributed by atoms with E-state index in [4.69, 9.17) is 27.9 Å². The summed E-state index contributed by atoms with van der Waals surface area (Å²) >= 11 is 12.4. The van der Waals surface area contributed by atoms with Gasteiger partial charge in [0.05, 0.1) is 6.54 Å². The van der Waals surface area contributed by atoms with Gasteiger partial charge >= 0.3 is 0 Å². The highest BCUT2D eigenvalue weighted by atomic mass is 35.5. The Bertz CT molecular complexity index is 719. The third-order valence-corrected chi connectivity index (χ3v) is 3.69. The van der Waals surface area contributed by atoms with Crippen molar-refractivity contribution >= 4 is 23.2 Å². The van der Waals surface area contributed by atoms with Gasteiger partial charge in [0.15, 0.2) is 5.60 Å². The van der Waals surface area contributed by atoms with Crippen LogP contribution in [0.2, 0.25) is 10.0 Å². The number of nitrogens with zero attached hydrogens (tertiary/aromatic N) is 3. The Balaban J connectivity index is 2.54. The highest BCUT2D eigenvalue weighted by Gasteiger charge is 2.34. The van der Waals surface area contributed by atoms with Crippen molar-refractivity contribution in [2.24, 2.45) is 0 Å². The van der Waals surface area contributed by atoms with Crippen molar-refractivity contribution in [1.29, 1.82) is 0 Å². The van der Waals surface area contributed by atoms with Crippen molar-refractivity contribution in [2.75, 3.05) is 6.61 Å². The molecule has 0 saturated carbocycles. The van der Waals surface area contributed by atoms with Gasteiger partial charge in [0.2, 0.25) is 0 Å². The van der Waals surface area contributed by atoms with E-state index in [1.54, 1.807) is 29.2 Å². The summed E-state index contributed by atoms with van der Waals surface area (Å²) in [5, 5.41) is 5.21. The monoisotopic (exact) mass is 349 g/mol. The molecule has 0 aliphatic rings. The van der Waals surface area contributed by atoms with E-state index < -0.39 is 5.60 Å². The van der Waals surface area contributed by atoms with Crippen LogP contribution in [0.4, 0.5) is 0 Å². The highest BCUT2D eigenvalue weighted by molar-refractivity contribution is 6.35. The average Bonchev–Trinajstić information content (AvgIpc) is 3.00.